The minimum Gasteiger partial charge on any atom is -0.502 e. The third-order valence-corrected chi connectivity index (χ3v) is 1.92. The summed E-state index contributed by atoms with van der Waals surface area (Å²) in [6.07, 6.45) is 3.30. The van der Waals surface area contributed by atoms with E-state index in [2.05, 4.69) is 0 Å². The first-order valence-corrected chi connectivity index (χ1v) is 4.45. The van der Waals surface area contributed by atoms with Crippen molar-refractivity contribution in [3.63, 3.8) is 0 Å². The summed E-state index contributed by atoms with van der Waals surface area (Å²) < 4.78 is 9.96. The van der Waals surface area contributed by atoms with Crippen LogP contribution in [0.2, 0.25) is 0 Å². The molecule has 2 N–H and O–H groups in total. The number of methoxy groups -OCH3 is 2. The number of phenols is 1. The molecule has 0 fully saturated rings. The second-order valence-electron chi connectivity index (χ2n) is 2.86. The van der Waals surface area contributed by atoms with Gasteiger partial charge in [-0.2, -0.15) is 0 Å². The highest BCUT2D eigenvalue weighted by Crippen LogP contribution is 2.37. The average molecular weight is 211 g/mol. The normalized spacial score (nSPS) is 10.6. The van der Waals surface area contributed by atoms with E-state index in [1.165, 1.54) is 14.2 Å². The molecular weight excluding hydrogens is 197 g/mol. The first-order valence-electron chi connectivity index (χ1n) is 4.45. The second kappa shape index (κ2) is 5.26. The molecule has 0 aromatic heterocycles. The largest absolute Gasteiger partial charge is 0.502 e. The Kier molecular flexibility index (Phi) is 4.00. The number of hydrogen-bond acceptors (Lipinski definition) is 4. The predicted molar refractivity (Wildman–Crippen MR) is 57.3 cm³/mol. The smallest absolute Gasteiger partial charge is 0.200 e. The van der Waals surface area contributed by atoms with E-state index in [9.17, 15) is 5.11 Å². The summed E-state index contributed by atoms with van der Waals surface area (Å²) in [6, 6.07) is 3.31. The minimum absolute atomic E-state index is 0.0267. The zero-order valence-corrected chi connectivity index (χ0v) is 8.73. The fourth-order valence-electron chi connectivity index (χ4n) is 1.20. The van der Waals surface area contributed by atoms with Crippen molar-refractivity contribution in [2.24, 2.45) is 0 Å². The van der Waals surface area contributed by atoms with Crippen molar-refractivity contribution in [2.45, 2.75) is 0 Å². The number of ether oxygens (including phenoxy) is 2. The molecular formula is C11H14O4. The van der Waals surface area contributed by atoms with Gasteiger partial charge in [-0.3, -0.25) is 0 Å². The Hall–Kier alpha value is -1.68. The monoisotopic (exact) mass is 211 g/mol. The van der Waals surface area contributed by atoms with Gasteiger partial charge >= 0.3 is 0 Å². The van der Waals surface area contributed by atoms with Gasteiger partial charge in [0, 0.05) is 0 Å². The summed E-state index contributed by atoms with van der Waals surface area (Å²) in [5, 5.41) is 18.3. The number of hydrogen-bond donors (Lipinski definition) is 2. The third-order valence-electron chi connectivity index (χ3n) is 1.92. The quantitative estimate of drug-likeness (QED) is 0.739. The van der Waals surface area contributed by atoms with Crippen LogP contribution in [-0.4, -0.2) is 31.0 Å². The maximum absolute atomic E-state index is 9.62. The lowest BCUT2D eigenvalue weighted by Crippen LogP contribution is -1.90. The van der Waals surface area contributed by atoms with Gasteiger partial charge in [-0.25, -0.2) is 0 Å². The van der Waals surface area contributed by atoms with Crippen molar-refractivity contribution in [1.29, 1.82) is 0 Å². The lowest BCUT2D eigenvalue weighted by molar-refractivity contribution is 0.339. The molecule has 0 atom stereocenters. The van der Waals surface area contributed by atoms with Gasteiger partial charge in [-0.05, 0) is 17.7 Å². The first-order chi connectivity index (χ1) is 7.22. The average Bonchev–Trinajstić information content (AvgIpc) is 2.27. The van der Waals surface area contributed by atoms with Crippen molar-refractivity contribution in [3.8, 4) is 17.2 Å². The molecule has 0 aliphatic rings. The standard InChI is InChI=1S/C11H14O4/c1-14-9-6-8(4-3-5-12)7-10(15-2)11(9)13/h3-4,6-7,12-13H,5H2,1-2H3/b4-3+/i5+1. The topological polar surface area (TPSA) is 58.9 Å². The molecule has 0 amide bonds. The molecule has 4 nitrogen and oxygen atoms in total. The highest BCUT2D eigenvalue weighted by atomic mass is 16.5. The number of rotatable bonds is 4. The van der Waals surface area contributed by atoms with E-state index < -0.39 is 0 Å². The molecule has 0 saturated heterocycles. The summed E-state index contributed by atoms with van der Waals surface area (Å²) in [6.45, 7) is -0.0362. The summed E-state index contributed by atoms with van der Waals surface area (Å²) in [5.74, 6) is 0.653. The van der Waals surface area contributed by atoms with Crippen molar-refractivity contribution in [3.05, 3.63) is 23.8 Å². The SMILES string of the molecule is COc1cc(/C=C/[13CH2]O)cc(OC)c1O. The van der Waals surface area contributed by atoms with Gasteiger partial charge in [0.25, 0.3) is 0 Å². The van der Waals surface area contributed by atoms with E-state index in [-0.39, 0.29) is 12.4 Å². The molecule has 0 aliphatic heterocycles. The van der Waals surface area contributed by atoms with E-state index in [4.69, 9.17) is 14.6 Å². The molecule has 0 aliphatic carbocycles. The van der Waals surface area contributed by atoms with E-state index in [1.807, 2.05) is 0 Å². The molecule has 15 heavy (non-hydrogen) atoms. The lowest BCUT2D eigenvalue weighted by atomic mass is 10.2. The number of aliphatic hydroxyl groups excluding tert-OH is 1. The van der Waals surface area contributed by atoms with Gasteiger partial charge < -0.3 is 19.7 Å². The summed E-state index contributed by atoms with van der Waals surface area (Å²) in [7, 11) is 2.93. The Balaban J connectivity index is 3.14. The van der Waals surface area contributed by atoms with Gasteiger partial charge in [0.2, 0.25) is 5.75 Å². The van der Waals surface area contributed by atoms with Gasteiger partial charge in [-0.15, -0.1) is 0 Å². The molecule has 0 bridgehead atoms. The van der Waals surface area contributed by atoms with Crippen LogP contribution in [-0.2, 0) is 0 Å². The Morgan fingerprint density at radius 2 is 1.73 bits per heavy atom. The van der Waals surface area contributed by atoms with Crippen LogP contribution < -0.4 is 9.47 Å². The Bertz CT molecular complexity index is 333. The van der Waals surface area contributed by atoms with Crippen molar-refractivity contribution < 1.29 is 19.7 Å². The molecule has 0 unspecified atom stereocenters. The predicted octanol–water partition coefficient (Wildman–Crippen LogP) is 1.41. The second-order valence-corrected chi connectivity index (χ2v) is 2.86. The summed E-state index contributed by atoms with van der Waals surface area (Å²) >= 11 is 0. The number of aliphatic hydroxyl groups is 1. The van der Waals surface area contributed by atoms with E-state index in [0.717, 1.165) is 5.56 Å². The molecule has 0 radical (unpaired) electrons. The molecule has 0 heterocycles. The molecule has 82 valence electrons. The van der Waals surface area contributed by atoms with Crippen LogP contribution in [0.15, 0.2) is 18.2 Å². The van der Waals surface area contributed by atoms with Gasteiger partial charge in [-0.1, -0.05) is 12.2 Å². The first kappa shape index (κ1) is 11.4. The summed E-state index contributed by atoms with van der Waals surface area (Å²) in [5.41, 5.74) is 0.788. The third kappa shape index (κ3) is 2.63. The van der Waals surface area contributed by atoms with Crippen LogP contribution in [0.5, 0.6) is 17.2 Å². The zero-order valence-electron chi connectivity index (χ0n) is 8.73. The Morgan fingerprint density at radius 3 is 2.13 bits per heavy atom. The van der Waals surface area contributed by atoms with Crippen LogP contribution in [0.25, 0.3) is 6.08 Å². The summed E-state index contributed by atoms with van der Waals surface area (Å²) in [4.78, 5) is 0. The number of benzene rings is 1. The van der Waals surface area contributed by atoms with E-state index >= 15 is 0 Å². The van der Waals surface area contributed by atoms with Gasteiger partial charge in [0.1, 0.15) is 0 Å². The number of phenolic OH excluding ortho intramolecular Hbond substituents is 1. The van der Waals surface area contributed by atoms with Crippen LogP contribution >= 0.6 is 0 Å². The van der Waals surface area contributed by atoms with E-state index in [0.29, 0.717) is 11.5 Å². The molecule has 0 spiro atoms. The van der Waals surface area contributed by atoms with Gasteiger partial charge in [0.15, 0.2) is 11.5 Å². The van der Waals surface area contributed by atoms with Crippen molar-refractivity contribution in [2.75, 3.05) is 20.8 Å². The Morgan fingerprint density at radius 1 is 1.20 bits per heavy atom. The van der Waals surface area contributed by atoms with Crippen LogP contribution in [0.1, 0.15) is 5.56 Å². The molecule has 1 aromatic rings. The maximum Gasteiger partial charge on any atom is 0.200 e. The van der Waals surface area contributed by atoms with E-state index in [1.54, 1.807) is 24.3 Å². The fourth-order valence-corrected chi connectivity index (χ4v) is 1.20. The lowest BCUT2D eigenvalue weighted by Gasteiger charge is -2.09. The van der Waals surface area contributed by atoms with Crippen LogP contribution in [0.3, 0.4) is 0 Å². The highest BCUT2D eigenvalue weighted by Gasteiger charge is 2.09. The van der Waals surface area contributed by atoms with Crippen LogP contribution in [0, 0.1) is 0 Å². The van der Waals surface area contributed by atoms with Crippen molar-refractivity contribution in [1.82, 2.24) is 0 Å². The van der Waals surface area contributed by atoms with Crippen molar-refractivity contribution >= 4 is 6.08 Å². The number of aromatic hydroxyl groups is 1. The minimum atomic E-state index is -0.0362. The van der Waals surface area contributed by atoms with Crippen LogP contribution in [0.4, 0.5) is 0 Å². The molecule has 0 saturated carbocycles. The zero-order chi connectivity index (χ0) is 11.3. The Labute approximate surface area is 88.4 Å². The van der Waals surface area contributed by atoms with Gasteiger partial charge in [0.05, 0.1) is 20.8 Å². The maximum atomic E-state index is 9.62. The fraction of sp³-hybridized carbons (Fsp3) is 0.273. The molecule has 1 rings (SSSR count). The molecule has 1 aromatic carbocycles. The highest BCUT2D eigenvalue weighted by molar-refractivity contribution is 5.61. The molecule has 4 heteroatoms.